The summed E-state index contributed by atoms with van der Waals surface area (Å²) >= 11 is 0. The van der Waals surface area contributed by atoms with E-state index in [9.17, 15) is 14.4 Å². The van der Waals surface area contributed by atoms with Crippen molar-refractivity contribution in [2.75, 3.05) is 40.4 Å². The fourth-order valence-electron chi connectivity index (χ4n) is 10.1. The summed E-state index contributed by atoms with van der Waals surface area (Å²) in [5, 5.41) is 0. The Labute approximate surface area is 432 Å². The van der Waals surface area contributed by atoms with E-state index >= 15 is 0 Å². The molecule has 0 aromatic heterocycles. The summed E-state index contributed by atoms with van der Waals surface area (Å²) in [5.41, 5.74) is 0. The van der Waals surface area contributed by atoms with E-state index in [-0.39, 0.29) is 31.2 Å². The number of nitrogens with zero attached hydrogens (tertiary/aromatic N) is 2. The fourth-order valence-corrected chi connectivity index (χ4v) is 10.1. The van der Waals surface area contributed by atoms with Gasteiger partial charge in [0.1, 0.15) is 0 Å². The van der Waals surface area contributed by atoms with Crippen molar-refractivity contribution >= 4 is 17.8 Å². The second-order valence-corrected chi connectivity index (χ2v) is 21.6. The summed E-state index contributed by atoms with van der Waals surface area (Å²) in [6.45, 7) is 14.3. The van der Waals surface area contributed by atoms with E-state index in [2.05, 4.69) is 58.5 Å². The van der Waals surface area contributed by atoms with Crippen LogP contribution in [0, 0.1) is 11.8 Å². The molecule has 0 unspecified atom stereocenters. The highest BCUT2D eigenvalue weighted by atomic mass is 16.5. The van der Waals surface area contributed by atoms with Gasteiger partial charge in [-0.2, -0.15) is 0 Å². The minimum atomic E-state index is 0. The molecule has 0 spiro atoms. The van der Waals surface area contributed by atoms with Gasteiger partial charge in [-0.05, 0) is 84.8 Å². The van der Waals surface area contributed by atoms with Gasteiger partial charge < -0.3 is 19.3 Å². The van der Waals surface area contributed by atoms with Crippen LogP contribution in [0.5, 0.6) is 0 Å². The lowest BCUT2D eigenvalue weighted by molar-refractivity contribution is -0.150. The Bertz CT molecular complexity index is 999. The van der Waals surface area contributed by atoms with Crippen molar-refractivity contribution < 1.29 is 23.9 Å². The second-order valence-electron chi connectivity index (χ2n) is 21.6. The van der Waals surface area contributed by atoms with Crippen LogP contribution in [-0.2, 0) is 23.9 Å². The Kier molecular flexibility index (Phi) is 54.5. The van der Waals surface area contributed by atoms with E-state index in [1.165, 1.54) is 173 Å². The van der Waals surface area contributed by atoms with Gasteiger partial charge in [0.2, 0.25) is 5.91 Å². The van der Waals surface area contributed by atoms with Crippen LogP contribution in [-0.4, -0.2) is 74.1 Å². The molecule has 0 atom stereocenters. The number of hydrogen-bond acceptors (Lipinski definition) is 6. The number of amides is 1. The normalized spacial score (nSPS) is 11.6. The Morgan fingerprint density at radius 3 is 0.986 bits per heavy atom. The highest BCUT2D eigenvalue weighted by Gasteiger charge is 2.24. The minimum Gasteiger partial charge on any atom is -0.465 e. The van der Waals surface area contributed by atoms with Crippen molar-refractivity contribution in [2.24, 2.45) is 11.8 Å². The average molecular weight is 978 g/mol. The molecule has 7 heteroatoms. The zero-order valence-electron chi connectivity index (χ0n) is 47.1. The summed E-state index contributed by atoms with van der Waals surface area (Å²) in [7, 11) is 4.28. The van der Waals surface area contributed by atoms with Crippen molar-refractivity contribution in [3.05, 3.63) is 0 Å². The summed E-state index contributed by atoms with van der Waals surface area (Å²) in [5.74, 6) is 0.699. The molecule has 0 aromatic rings. The molecule has 0 N–H and O–H groups in total. The van der Waals surface area contributed by atoms with Crippen molar-refractivity contribution in [2.45, 2.75) is 331 Å². The molecule has 0 bridgehead atoms. The van der Waals surface area contributed by atoms with Crippen LogP contribution in [0.4, 0.5) is 0 Å². The summed E-state index contributed by atoms with van der Waals surface area (Å²) < 4.78 is 11.7. The molecule has 0 fully saturated rings. The predicted molar refractivity (Wildman–Crippen MR) is 301 cm³/mol. The number of hydrogen-bond donors (Lipinski definition) is 0. The maximum Gasteiger partial charge on any atom is 0.308 e. The molecule has 0 aliphatic heterocycles. The highest BCUT2D eigenvalue weighted by molar-refractivity contribution is 5.76. The molecule has 0 radical (unpaired) electrons. The molecule has 0 rings (SSSR count). The van der Waals surface area contributed by atoms with Gasteiger partial charge >= 0.3 is 11.9 Å². The van der Waals surface area contributed by atoms with Crippen LogP contribution < -0.4 is 0 Å². The van der Waals surface area contributed by atoms with E-state index in [0.29, 0.717) is 31.6 Å². The Morgan fingerprint density at radius 2 is 0.638 bits per heavy atom. The monoisotopic (exact) mass is 977 g/mol. The smallest absolute Gasteiger partial charge is 0.308 e. The Hall–Kier alpha value is -1.63. The molecule has 0 aliphatic carbocycles. The van der Waals surface area contributed by atoms with Crippen molar-refractivity contribution in [1.29, 1.82) is 0 Å². The van der Waals surface area contributed by atoms with Gasteiger partial charge in [0.15, 0.2) is 0 Å². The first-order valence-electron chi connectivity index (χ1n) is 30.5. The van der Waals surface area contributed by atoms with Crippen LogP contribution in [0.1, 0.15) is 325 Å². The highest BCUT2D eigenvalue weighted by Crippen LogP contribution is 2.24. The molecule has 412 valence electrons. The van der Waals surface area contributed by atoms with Gasteiger partial charge in [-0.1, -0.05) is 254 Å². The SMILES string of the molecule is C.CCCCCCCCC(=O)N(CCCN(C)C)C(CCCCCCCCCOC(=O)C(CCCCCC)CCCCCC)CCCCCCCCCOC(=O)C(CCCCCC)CCCCCC. The molecule has 1 amide bonds. The van der Waals surface area contributed by atoms with E-state index in [1.807, 2.05) is 0 Å². The lowest BCUT2D eigenvalue weighted by atomic mass is 9.94. The molecule has 0 saturated carbocycles. The van der Waals surface area contributed by atoms with Gasteiger partial charge in [0.25, 0.3) is 0 Å². The van der Waals surface area contributed by atoms with Crippen molar-refractivity contribution in [3.8, 4) is 0 Å². The second kappa shape index (κ2) is 54.2. The lowest BCUT2D eigenvalue weighted by Gasteiger charge is -2.33. The van der Waals surface area contributed by atoms with Crippen molar-refractivity contribution in [3.63, 3.8) is 0 Å². The van der Waals surface area contributed by atoms with Crippen molar-refractivity contribution in [1.82, 2.24) is 9.80 Å². The average Bonchev–Trinajstić information content (AvgIpc) is 3.33. The molecular weight excluding hydrogens is 853 g/mol. The van der Waals surface area contributed by atoms with Crippen LogP contribution >= 0.6 is 0 Å². The van der Waals surface area contributed by atoms with Crippen LogP contribution in [0.2, 0.25) is 0 Å². The third kappa shape index (κ3) is 44.8. The zero-order chi connectivity index (χ0) is 50.0. The number of carbonyl (C=O) groups excluding carboxylic acids is 3. The largest absolute Gasteiger partial charge is 0.465 e. The van der Waals surface area contributed by atoms with E-state index in [1.54, 1.807) is 0 Å². The topological polar surface area (TPSA) is 76.2 Å². The first-order chi connectivity index (χ1) is 33.2. The molecule has 0 aromatic carbocycles. The quantitative estimate of drug-likeness (QED) is 0.0446. The number of rotatable bonds is 54. The van der Waals surface area contributed by atoms with Gasteiger partial charge in [-0.25, -0.2) is 0 Å². The third-order valence-electron chi connectivity index (χ3n) is 14.7. The van der Waals surface area contributed by atoms with E-state index < -0.39 is 0 Å². The zero-order valence-corrected chi connectivity index (χ0v) is 47.1. The number of esters is 2. The maximum absolute atomic E-state index is 14.0. The number of ether oxygens (including phenoxy) is 2. The molecule has 0 saturated heterocycles. The summed E-state index contributed by atoms with van der Waals surface area (Å²) in [6, 6.07) is 0.346. The minimum absolute atomic E-state index is 0. The summed E-state index contributed by atoms with van der Waals surface area (Å²) in [4.78, 5) is 44.6. The fraction of sp³-hybridized carbons (Fsp3) is 0.952. The van der Waals surface area contributed by atoms with Crippen LogP contribution in [0.15, 0.2) is 0 Å². The van der Waals surface area contributed by atoms with Crippen LogP contribution in [0.25, 0.3) is 0 Å². The Morgan fingerprint density at radius 1 is 0.348 bits per heavy atom. The van der Waals surface area contributed by atoms with Gasteiger partial charge in [-0.3, -0.25) is 14.4 Å². The van der Waals surface area contributed by atoms with Gasteiger partial charge in [0.05, 0.1) is 25.0 Å². The first kappa shape index (κ1) is 69.4. The standard InChI is InChI=1S/C61H120N2O5.CH4/c1-8-13-18-23-32-41-51-59(64)63(53-44-52-62(6)7)58(49-39-30-26-24-28-33-42-54-67-60(65)56(45-35-19-14-9-2)46-36-20-15-10-3)50-40-31-27-25-29-34-43-55-68-61(66)57(47-37-21-16-11-4)48-38-22-17-12-5;/h56-58H,8-55H2,1-7H3;1H4. The Balaban J connectivity index is 0. The maximum atomic E-state index is 14.0. The predicted octanol–water partition coefficient (Wildman–Crippen LogP) is 19.0. The number of unbranched alkanes of at least 4 members (excludes halogenated alkanes) is 29. The molecule has 7 nitrogen and oxygen atoms in total. The van der Waals surface area contributed by atoms with Gasteiger partial charge in [-0.15, -0.1) is 0 Å². The first-order valence-corrected chi connectivity index (χ1v) is 30.5. The van der Waals surface area contributed by atoms with E-state index in [4.69, 9.17) is 9.47 Å². The number of carbonyl (C=O) groups is 3. The van der Waals surface area contributed by atoms with Gasteiger partial charge in [0, 0.05) is 19.0 Å². The summed E-state index contributed by atoms with van der Waals surface area (Å²) in [6.07, 6.45) is 51.1. The molecular formula is C62H124N2O5. The van der Waals surface area contributed by atoms with Crippen LogP contribution in [0.3, 0.4) is 0 Å². The molecule has 0 aliphatic rings. The third-order valence-corrected chi connectivity index (χ3v) is 14.7. The van der Waals surface area contributed by atoms with E-state index in [0.717, 1.165) is 116 Å². The molecule has 0 heterocycles. The molecule has 69 heavy (non-hydrogen) atoms. The lowest BCUT2D eigenvalue weighted by Crippen LogP contribution is -2.41.